The zero-order chi connectivity index (χ0) is 17.3. The van der Waals surface area contributed by atoms with Crippen LogP contribution in [0.5, 0.6) is 28.7 Å². The molecule has 1 aliphatic rings. The molecule has 3 rings (SSSR count). The van der Waals surface area contributed by atoms with E-state index in [9.17, 15) is 20.4 Å². The second kappa shape index (κ2) is 6.46. The van der Waals surface area contributed by atoms with Gasteiger partial charge in [0.15, 0.2) is 17.6 Å². The average Bonchev–Trinajstić information content (AvgIpc) is 2.55. The third-order valence-corrected chi connectivity index (χ3v) is 3.90. The van der Waals surface area contributed by atoms with Crippen molar-refractivity contribution in [3.63, 3.8) is 0 Å². The minimum absolute atomic E-state index is 0.0305. The van der Waals surface area contributed by atoms with Crippen molar-refractivity contribution >= 4 is 0 Å². The van der Waals surface area contributed by atoms with Crippen LogP contribution in [0.1, 0.15) is 17.2 Å². The van der Waals surface area contributed by atoms with Crippen molar-refractivity contribution in [2.75, 3.05) is 13.9 Å². The Kier molecular flexibility index (Phi) is 4.37. The molecule has 24 heavy (non-hydrogen) atoms. The van der Waals surface area contributed by atoms with Crippen molar-refractivity contribution in [3.8, 4) is 28.7 Å². The van der Waals surface area contributed by atoms with E-state index in [0.717, 1.165) is 0 Å². The van der Waals surface area contributed by atoms with Crippen LogP contribution in [0.2, 0.25) is 0 Å². The van der Waals surface area contributed by atoms with Crippen LogP contribution in [0.25, 0.3) is 0 Å². The molecule has 0 radical (unpaired) electrons. The van der Waals surface area contributed by atoms with Crippen LogP contribution < -0.4 is 4.74 Å². The van der Waals surface area contributed by atoms with Crippen LogP contribution in [0.3, 0.4) is 0 Å². The number of rotatable bonds is 4. The van der Waals surface area contributed by atoms with Crippen molar-refractivity contribution in [1.29, 1.82) is 0 Å². The largest absolute Gasteiger partial charge is 0.508 e. The highest BCUT2D eigenvalue weighted by Crippen LogP contribution is 2.43. The second-order valence-corrected chi connectivity index (χ2v) is 5.54. The van der Waals surface area contributed by atoms with Gasteiger partial charge < -0.3 is 34.6 Å². The van der Waals surface area contributed by atoms with Gasteiger partial charge in [0.1, 0.15) is 30.1 Å². The Balaban J connectivity index is 1.99. The Bertz CT molecular complexity index is 744. The fourth-order valence-corrected chi connectivity index (χ4v) is 2.75. The SMILES string of the molecule is COCO[C@@H]1Cc2c(O)cc(O)cc2OC1c1ccc(O)c(O)c1. The van der Waals surface area contributed by atoms with Crippen molar-refractivity contribution in [2.24, 2.45) is 0 Å². The summed E-state index contributed by atoms with van der Waals surface area (Å²) in [5.74, 6) is -0.370. The molecule has 4 N–H and O–H groups in total. The minimum Gasteiger partial charge on any atom is -0.508 e. The first-order chi connectivity index (χ1) is 11.5. The molecule has 0 saturated heterocycles. The number of phenols is 4. The molecule has 0 aromatic heterocycles. The molecule has 0 bridgehead atoms. The highest BCUT2D eigenvalue weighted by atomic mass is 16.7. The molecule has 7 heteroatoms. The minimum atomic E-state index is -0.611. The van der Waals surface area contributed by atoms with Crippen LogP contribution >= 0.6 is 0 Å². The molecule has 0 saturated carbocycles. The predicted octanol–water partition coefficient (Wildman–Crippen LogP) is 2.17. The summed E-state index contributed by atoms with van der Waals surface area (Å²) in [7, 11) is 1.49. The second-order valence-electron chi connectivity index (χ2n) is 5.54. The van der Waals surface area contributed by atoms with Gasteiger partial charge in [0.05, 0.1) is 0 Å². The van der Waals surface area contributed by atoms with Crippen LogP contribution in [0, 0.1) is 0 Å². The molecule has 0 fully saturated rings. The third kappa shape index (κ3) is 3.04. The molecule has 0 spiro atoms. The first kappa shape index (κ1) is 16.2. The van der Waals surface area contributed by atoms with E-state index in [-0.39, 0.29) is 29.8 Å². The van der Waals surface area contributed by atoms with Crippen LogP contribution in [-0.4, -0.2) is 40.4 Å². The Labute approximate surface area is 138 Å². The summed E-state index contributed by atoms with van der Waals surface area (Å²) >= 11 is 0. The maximum absolute atomic E-state index is 10.0. The summed E-state index contributed by atoms with van der Waals surface area (Å²) < 4.78 is 16.5. The van der Waals surface area contributed by atoms with Crippen LogP contribution in [0.4, 0.5) is 0 Å². The molecule has 0 amide bonds. The van der Waals surface area contributed by atoms with Gasteiger partial charge in [0.25, 0.3) is 0 Å². The molecule has 2 aromatic rings. The number of hydrogen-bond acceptors (Lipinski definition) is 7. The summed E-state index contributed by atoms with van der Waals surface area (Å²) in [4.78, 5) is 0. The molecular formula is C17H18O7. The summed E-state index contributed by atoms with van der Waals surface area (Å²) in [5, 5.41) is 38.9. The lowest BCUT2D eigenvalue weighted by molar-refractivity contribution is -0.113. The standard InChI is InChI=1S/C17H18O7/c1-22-8-23-16-7-11-13(20)5-10(18)6-15(11)24-17(16)9-2-3-12(19)14(21)4-9/h2-6,16-21H,7-8H2,1H3/t16-,17?/m1/s1. The Morgan fingerprint density at radius 2 is 1.83 bits per heavy atom. The van der Waals surface area contributed by atoms with E-state index < -0.39 is 12.2 Å². The normalized spacial score (nSPS) is 19.5. The number of ether oxygens (including phenoxy) is 3. The van der Waals surface area contributed by atoms with E-state index >= 15 is 0 Å². The van der Waals surface area contributed by atoms with Crippen molar-refractivity contribution < 1.29 is 34.6 Å². The lowest BCUT2D eigenvalue weighted by atomic mass is 9.93. The third-order valence-electron chi connectivity index (χ3n) is 3.90. The van der Waals surface area contributed by atoms with Gasteiger partial charge in [-0.15, -0.1) is 0 Å². The fraction of sp³-hybridized carbons (Fsp3) is 0.294. The van der Waals surface area contributed by atoms with Crippen molar-refractivity contribution in [3.05, 3.63) is 41.5 Å². The maximum Gasteiger partial charge on any atom is 0.157 e. The Hall–Kier alpha value is -2.64. The molecule has 0 aliphatic carbocycles. The van der Waals surface area contributed by atoms with Gasteiger partial charge in [0.2, 0.25) is 0 Å². The lowest BCUT2D eigenvalue weighted by Crippen LogP contribution is -2.33. The molecule has 1 aliphatic heterocycles. The highest BCUT2D eigenvalue weighted by molar-refractivity contribution is 5.52. The summed E-state index contributed by atoms with van der Waals surface area (Å²) in [6.07, 6.45) is -0.769. The zero-order valence-corrected chi connectivity index (χ0v) is 13.0. The molecular weight excluding hydrogens is 316 g/mol. The topological polar surface area (TPSA) is 109 Å². The number of fused-ring (bicyclic) bond motifs is 1. The summed E-state index contributed by atoms with van der Waals surface area (Å²) in [6.45, 7) is 0.0305. The number of hydrogen-bond donors (Lipinski definition) is 4. The van der Waals surface area contributed by atoms with E-state index in [2.05, 4.69) is 0 Å². The zero-order valence-electron chi connectivity index (χ0n) is 13.0. The molecule has 2 aromatic carbocycles. The first-order valence-electron chi connectivity index (χ1n) is 7.33. The molecule has 1 heterocycles. The smallest absolute Gasteiger partial charge is 0.157 e. The lowest BCUT2D eigenvalue weighted by Gasteiger charge is -2.34. The van der Waals surface area contributed by atoms with Crippen LogP contribution in [-0.2, 0) is 15.9 Å². The van der Waals surface area contributed by atoms with Gasteiger partial charge in [0, 0.05) is 31.2 Å². The monoisotopic (exact) mass is 334 g/mol. The van der Waals surface area contributed by atoms with Gasteiger partial charge in [-0.25, -0.2) is 0 Å². The van der Waals surface area contributed by atoms with E-state index in [1.807, 2.05) is 0 Å². The molecule has 1 unspecified atom stereocenters. The molecule has 7 nitrogen and oxygen atoms in total. The van der Waals surface area contributed by atoms with Gasteiger partial charge in [-0.3, -0.25) is 0 Å². The number of methoxy groups -OCH3 is 1. The first-order valence-corrected chi connectivity index (χ1v) is 7.33. The quantitative estimate of drug-likeness (QED) is 0.501. The van der Waals surface area contributed by atoms with E-state index in [1.165, 1.54) is 31.4 Å². The Morgan fingerprint density at radius 1 is 1.04 bits per heavy atom. The summed E-state index contributed by atoms with van der Waals surface area (Å²) in [5.41, 5.74) is 1.10. The van der Waals surface area contributed by atoms with Crippen molar-refractivity contribution in [1.82, 2.24) is 0 Å². The molecule has 128 valence electrons. The number of benzene rings is 2. The van der Waals surface area contributed by atoms with Gasteiger partial charge in [-0.1, -0.05) is 6.07 Å². The van der Waals surface area contributed by atoms with Gasteiger partial charge in [-0.2, -0.15) is 0 Å². The van der Waals surface area contributed by atoms with Crippen LogP contribution in [0.15, 0.2) is 30.3 Å². The van der Waals surface area contributed by atoms with Gasteiger partial charge in [-0.05, 0) is 17.7 Å². The van der Waals surface area contributed by atoms with Gasteiger partial charge >= 0.3 is 0 Å². The average molecular weight is 334 g/mol. The number of phenolic OH excluding ortho intramolecular Hbond substituents is 4. The van der Waals surface area contributed by atoms with E-state index in [0.29, 0.717) is 23.3 Å². The van der Waals surface area contributed by atoms with E-state index in [1.54, 1.807) is 6.07 Å². The fourth-order valence-electron chi connectivity index (χ4n) is 2.75. The van der Waals surface area contributed by atoms with Crippen molar-refractivity contribution in [2.45, 2.75) is 18.6 Å². The maximum atomic E-state index is 10.0. The highest BCUT2D eigenvalue weighted by Gasteiger charge is 2.34. The predicted molar refractivity (Wildman–Crippen MR) is 83.4 cm³/mol. The van der Waals surface area contributed by atoms with E-state index in [4.69, 9.17) is 14.2 Å². The number of aromatic hydroxyl groups is 4. The summed E-state index contributed by atoms with van der Waals surface area (Å²) in [6, 6.07) is 7.00. The Morgan fingerprint density at radius 3 is 2.54 bits per heavy atom. The molecule has 2 atom stereocenters.